The predicted molar refractivity (Wildman–Crippen MR) is 95.0 cm³/mol. The van der Waals surface area contributed by atoms with E-state index in [0.717, 1.165) is 31.5 Å². The van der Waals surface area contributed by atoms with E-state index in [2.05, 4.69) is 5.32 Å². The van der Waals surface area contributed by atoms with Gasteiger partial charge in [-0.1, -0.05) is 12.1 Å². The lowest BCUT2D eigenvalue weighted by molar-refractivity contribution is -0.129. The van der Waals surface area contributed by atoms with Crippen molar-refractivity contribution in [2.24, 2.45) is 5.73 Å². The number of hydrogen-bond acceptors (Lipinski definition) is 4. The first-order valence-electron chi connectivity index (χ1n) is 9.12. The van der Waals surface area contributed by atoms with Gasteiger partial charge in [0.05, 0.1) is 5.54 Å². The summed E-state index contributed by atoms with van der Waals surface area (Å²) in [6.45, 7) is 3.16. The molecular weight excluding hydrogens is 318 g/mol. The van der Waals surface area contributed by atoms with Crippen molar-refractivity contribution >= 4 is 11.8 Å². The number of nitrogens with two attached hydrogens (primary N) is 1. The fourth-order valence-corrected chi connectivity index (χ4v) is 3.37. The van der Waals surface area contributed by atoms with E-state index in [0.29, 0.717) is 38.2 Å². The highest BCUT2D eigenvalue weighted by Crippen LogP contribution is 2.18. The van der Waals surface area contributed by atoms with Gasteiger partial charge in [0, 0.05) is 38.4 Å². The summed E-state index contributed by atoms with van der Waals surface area (Å²) in [5, 5.41) is 2.91. The van der Waals surface area contributed by atoms with Gasteiger partial charge in [0.25, 0.3) is 5.91 Å². The highest BCUT2D eigenvalue weighted by atomic mass is 16.5. The van der Waals surface area contributed by atoms with Crippen LogP contribution in [0.3, 0.4) is 0 Å². The van der Waals surface area contributed by atoms with Gasteiger partial charge in [-0.25, -0.2) is 0 Å². The van der Waals surface area contributed by atoms with Crippen molar-refractivity contribution in [2.45, 2.75) is 44.2 Å². The Morgan fingerprint density at radius 3 is 2.36 bits per heavy atom. The van der Waals surface area contributed by atoms with Gasteiger partial charge in [0.15, 0.2) is 0 Å². The van der Waals surface area contributed by atoms with Crippen molar-refractivity contribution in [3.05, 3.63) is 35.4 Å². The lowest BCUT2D eigenvalue weighted by Crippen LogP contribution is -2.56. The summed E-state index contributed by atoms with van der Waals surface area (Å²) in [7, 11) is 0. The van der Waals surface area contributed by atoms with Crippen LogP contribution in [0.25, 0.3) is 0 Å². The average Bonchev–Trinajstić information content (AvgIpc) is 2.67. The minimum Gasteiger partial charge on any atom is -0.381 e. The van der Waals surface area contributed by atoms with Crippen molar-refractivity contribution in [1.82, 2.24) is 10.2 Å². The molecule has 2 saturated heterocycles. The summed E-state index contributed by atoms with van der Waals surface area (Å²) in [5.41, 5.74) is 7.00. The molecular formula is C19H27N3O3. The summed E-state index contributed by atoms with van der Waals surface area (Å²) in [6, 6.07) is 7.46. The molecule has 6 heteroatoms. The van der Waals surface area contributed by atoms with E-state index < -0.39 is 5.54 Å². The topological polar surface area (TPSA) is 84.7 Å². The van der Waals surface area contributed by atoms with Crippen LogP contribution in [0.4, 0.5) is 0 Å². The number of carbonyl (C=O) groups excluding carboxylic acids is 2. The average molecular weight is 345 g/mol. The third kappa shape index (κ3) is 4.38. The molecule has 0 aromatic heterocycles. The molecule has 2 aliphatic rings. The molecule has 0 spiro atoms. The Hall–Kier alpha value is -1.92. The van der Waals surface area contributed by atoms with Crippen molar-refractivity contribution < 1.29 is 14.3 Å². The van der Waals surface area contributed by atoms with E-state index in [9.17, 15) is 9.59 Å². The Bertz CT molecular complexity index is 603. The van der Waals surface area contributed by atoms with Gasteiger partial charge in [-0.3, -0.25) is 9.59 Å². The van der Waals surface area contributed by atoms with Gasteiger partial charge < -0.3 is 20.7 Å². The van der Waals surface area contributed by atoms with E-state index in [1.54, 1.807) is 0 Å². The van der Waals surface area contributed by atoms with Crippen LogP contribution in [0.2, 0.25) is 0 Å². The highest BCUT2D eigenvalue weighted by molar-refractivity contribution is 5.94. The van der Waals surface area contributed by atoms with Crippen molar-refractivity contribution in [1.29, 1.82) is 0 Å². The SMILES string of the molecule is NC1(C(=O)NCc2ccc(C(=O)N3CCCCC3)cc2)CCOCC1. The summed E-state index contributed by atoms with van der Waals surface area (Å²) < 4.78 is 5.27. The fraction of sp³-hybridized carbons (Fsp3) is 0.579. The number of piperidine rings is 1. The minimum atomic E-state index is -0.831. The Labute approximate surface area is 148 Å². The van der Waals surface area contributed by atoms with E-state index in [4.69, 9.17) is 10.5 Å². The summed E-state index contributed by atoms with van der Waals surface area (Å²) >= 11 is 0. The Balaban J connectivity index is 1.53. The number of amides is 2. The van der Waals surface area contributed by atoms with Crippen LogP contribution in [0.1, 0.15) is 48.0 Å². The third-order valence-corrected chi connectivity index (χ3v) is 5.13. The second kappa shape index (κ2) is 7.97. The summed E-state index contributed by atoms with van der Waals surface area (Å²) in [4.78, 5) is 26.7. The zero-order chi connectivity index (χ0) is 17.7. The number of carbonyl (C=O) groups is 2. The largest absolute Gasteiger partial charge is 0.381 e. The summed E-state index contributed by atoms with van der Waals surface area (Å²) in [6.07, 6.45) is 4.46. The van der Waals surface area contributed by atoms with Gasteiger partial charge in [0.1, 0.15) is 0 Å². The summed E-state index contributed by atoms with van der Waals surface area (Å²) in [5.74, 6) is -0.0392. The van der Waals surface area contributed by atoms with Gasteiger partial charge in [-0.2, -0.15) is 0 Å². The number of nitrogens with one attached hydrogen (secondary N) is 1. The van der Waals surface area contributed by atoms with E-state index in [-0.39, 0.29) is 11.8 Å². The van der Waals surface area contributed by atoms with Gasteiger partial charge in [-0.15, -0.1) is 0 Å². The maximum absolute atomic E-state index is 12.5. The zero-order valence-electron chi connectivity index (χ0n) is 14.6. The Morgan fingerprint density at radius 2 is 1.72 bits per heavy atom. The first-order chi connectivity index (χ1) is 12.1. The molecule has 0 aliphatic carbocycles. The lowest BCUT2D eigenvalue weighted by Gasteiger charge is -2.31. The number of hydrogen-bond donors (Lipinski definition) is 2. The van der Waals surface area contributed by atoms with Crippen LogP contribution in [-0.2, 0) is 16.1 Å². The molecule has 2 heterocycles. The first-order valence-corrected chi connectivity index (χ1v) is 9.12. The molecule has 1 aromatic rings. The van der Waals surface area contributed by atoms with Gasteiger partial charge >= 0.3 is 0 Å². The van der Waals surface area contributed by atoms with Crippen molar-refractivity contribution in [3.8, 4) is 0 Å². The molecule has 2 aliphatic heterocycles. The second-order valence-electron chi connectivity index (χ2n) is 7.00. The van der Waals surface area contributed by atoms with Crippen LogP contribution in [0, 0.1) is 0 Å². The molecule has 3 N–H and O–H groups in total. The molecule has 0 bridgehead atoms. The van der Waals surface area contributed by atoms with Crippen LogP contribution in [0.15, 0.2) is 24.3 Å². The van der Waals surface area contributed by atoms with E-state index in [1.807, 2.05) is 29.2 Å². The normalized spacial score (nSPS) is 20.1. The molecule has 0 unspecified atom stereocenters. The highest BCUT2D eigenvalue weighted by Gasteiger charge is 2.35. The fourth-order valence-electron chi connectivity index (χ4n) is 3.37. The smallest absolute Gasteiger partial charge is 0.253 e. The van der Waals surface area contributed by atoms with Crippen molar-refractivity contribution in [2.75, 3.05) is 26.3 Å². The zero-order valence-corrected chi connectivity index (χ0v) is 14.6. The second-order valence-corrected chi connectivity index (χ2v) is 7.00. The van der Waals surface area contributed by atoms with Crippen LogP contribution in [-0.4, -0.2) is 48.6 Å². The molecule has 2 amide bonds. The van der Waals surface area contributed by atoms with Crippen LogP contribution >= 0.6 is 0 Å². The quantitative estimate of drug-likeness (QED) is 0.865. The molecule has 25 heavy (non-hydrogen) atoms. The molecule has 1 aromatic carbocycles. The molecule has 0 atom stereocenters. The minimum absolute atomic E-state index is 0.0957. The molecule has 136 valence electrons. The number of likely N-dealkylation sites (tertiary alicyclic amines) is 1. The van der Waals surface area contributed by atoms with Crippen LogP contribution < -0.4 is 11.1 Å². The molecule has 0 saturated carbocycles. The van der Waals surface area contributed by atoms with Crippen LogP contribution in [0.5, 0.6) is 0 Å². The Morgan fingerprint density at radius 1 is 1.08 bits per heavy atom. The Kier molecular flexibility index (Phi) is 5.71. The maximum Gasteiger partial charge on any atom is 0.253 e. The maximum atomic E-state index is 12.5. The van der Waals surface area contributed by atoms with E-state index in [1.165, 1.54) is 6.42 Å². The van der Waals surface area contributed by atoms with Gasteiger partial charge in [-0.05, 0) is 49.8 Å². The number of ether oxygens (including phenoxy) is 1. The lowest BCUT2D eigenvalue weighted by atomic mass is 9.90. The van der Waals surface area contributed by atoms with E-state index >= 15 is 0 Å². The monoisotopic (exact) mass is 345 g/mol. The molecule has 2 fully saturated rings. The number of rotatable bonds is 4. The predicted octanol–water partition coefficient (Wildman–Crippen LogP) is 1.44. The standard InChI is InChI=1S/C19H27N3O3/c20-19(8-12-25-13-9-19)18(24)21-14-15-4-6-16(7-5-15)17(23)22-10-2-1-3-11-22/h4-7H,1-3,8-14,20H2,(H,21,24). The third-order valence-electron chi connectivity index (χ3n) is 5.13. The first kappa shape index (κ1) is 17.9. The molecule has 3 rings (SSSR count). The van der Waals surface area contributed by atoms with Gasteiger partial charge in [0.2, 0.25) is 5.91 Å². The molecule has 6 nitrogen and oxygen atoms in total. The van der Waals surface area contributed by atoms with Crippen molar-refractivity contribution in [3.63, 3.8) is 0 Å². The number of nitrogens with zero attached hydrogens (tertiary/aromatic N) is 1. The number of benzene rings is 1. The molecule has 0 radical (unpaired) electrons.